The van der Waals surface area contributed by atoms with Crippen molar-refractivity contribution in [2.75, 3.05) is 0 Å². The summed E-state index contributed by atoms with van der Waals surface area (Å²) in [5, 5.41) is 0. The molecule has 70 valence electrons. The van der Waals surface area contributed by atoms with Crippen molar-refractivity contribution in [3.63, 3.8) is 0 Å². The van der Waals surface area contributed by atoms with Crippen molar-refractivity contribution in [1.29, 1.82) is 0 Å². The van der Waals surface area contributed by atoms with Gasteiger partial charge in [0, 0.05) is 6.04 Å². The summed E-state index contributed by atoms with van der Waals surface area (Å²) in [7, 11) is 0. The maximum Gasteiger partial charge on any atom is 0.00441 e. The predicted molar refractivity (Wildman–Crippen MR) is 51.9 cm³/mol. The highest BCUT2D eigenvalue weighted by atomic mass is 14.6. The fraction of sp³-hybridized carbons (Fsp3) is 1.00. The van der Waals surface area contributed by atoms with Crippen LogP contribution < -0.4 is 5.73 Å². The molecule has 1 heteroatoms. The van der Waals surface area contributed by atoms with E-state index in [9.17, 15) is 0 Å². The first-order valence-corrected chi connectivity index (χ1v) is 5.60. The molecular formula is C11H21N. The Balaban J connectivity index is 1.58. The highest BCUT2D eigenvalue weighted by Crippen LogP contribution is 2.34. The van der Waals surface area contributed by atoms with Crippen LogP contribution in [0.1, 0.15) is 51.4 Å². The third kappa shape index (κ3) is 2.01. The standard InChI is InChI=1S/C11H21N/c12-11(7-9-3-1-4-9)8-10-5-2-6-10/h9-11H,1-8,12H2. The first-order chi connectivity index (χ1) is 5.84. The van der Waals surface area contributed by atoms with Crippen molar-refractivity contribution in [3.8, 4) is 0 Å². The molecule has 2 saturated carbocycles. The molecule has 0 radical (unpaired) electrons. The average Bonchev–Trinajstić information content (AvgIpc) is 1.89. The van der Waals surface area contributed by atoms with Gasteiger partial charge in [0.1, 0.15) is 0 Å². The average molecular weight is 167 g/mol. The van der Waals surface area contributed by atoms with Crippen LogP contribution in [0.25, 0.3) is 0 Å². The van der Waals surface area contributed by atoms with E-state index in [1.54, 1.807) is 0 Å². The highest BCUT2D eigenvalue weighted by molar-refractivity contribution is 4.79. The zero-order chi connectivity index (χ0) is 8.39. The van der Waals surface area contributed by atoms with Gasteiger partial charge in [-0.3, -0.25) is 0 Å². The second kappa shape index (κ2) is 3.78. The Morgan fingerprint density at radius 1 is 0.917 bits per heavy atom. The number of nitrogens with two attached hydrogens (primary N) is 1. The Hall–Kier alpha value is -0.0400. The minimum atomic E-state index is 0.528. The quantitative estimate of drug-likeness (QED) is 0.684. The van der Waals surface area contributed by atoms with E-state index in [2.05, 4.69) is 0 Å². The zero-order valence-electron chi connectivity index (χ0n) is 7.97. The first-order valence-electron chi connectivity index (χ1n) is 5.60. The molecule has 0 amide bonds. The normalized spacial score (nSPS) is 25.5. The molecule has 2 aliphatic carbocycles. The summed E-state index contributed by atoms with van der Waals surface area (Å²) in [4.78, 5) is 0. The minimum Gasteiger partial charge on any atom is -0.328 e. The molecule has 0 heterocycles. The Bertz CT molecular complexity index is 120. The maximum atomic E-state index is 6.09. The van der Waals surface area contributed by atoms with E-state index in [1.165, 1.54) is 51.4 Å². The molecule has 2 N–H and O–H groups in total. The summed E-state index contributed by atoms with van der Waals surface area (Å²) < 4.78 is 0. The van der Waals surface area contributed by atoms with E-state index in [-0.39, 0.29) is 0 Å². The van der Waals surface area contributed by atoms with Gasteiger partial charge in [0.15, 0.2) is 0 Å². The van der Waals surface area contributed by atoms with Crippen molar-refractivity contribution in [1.82, 2.24) is 0 Å². The summed E-state index contributed by atoms with van der Waals surface area (Å²) in [6.07, 6.45) is 11.4. The molecule has 0 aromatic heterocycles. The summed E-state index contributed by atoms with van der Waals surface area (Å²) in [6, 6.07) is 0.528. The molecule has 2 fully saturated rings. The van der Waals surface area contributed by atoms with Gasteiger partial charge < -0.3 is 5.73 Å². The number of hydrogen-bond donors (Lipinski definition) is 1. The topological polar surface area (TPSA) is 26.0 Å². The van der Waals surface area contributed by atoms with E-state index in [0.717, 1.165) is 11.8 Å². The lowest BCUT2D eigenvalue weighted by atomic mass is 9.76. The van der Waals surface area contributed by atoms with Crippen LogP contribution in [0.3, 0.4) is 0 Å². The number of rotatable bonds is 4. The van der Waals surface area contributed by atoms with Crippen LogP contribution in [0.15, 0.2) is 0 Å². The third-order valence-electron chi connectivity index (χ3n) is 3.72. The Morgan fingerprint density at radius 3 is 1.58 bits per heavy atom. The lowest BCUT2D eigenvalue weighted by molar-refractivity contribution is 0.227. The van der Waals surface area contributed by atoms with Gasteiger partial charge in [-0.2, -0.15) is 0 Å². The second-order valence-electron chi connectivity index (χ2n) is 4.83. The van der Waals surface area contributed by atoms with Gasteiger partial charge in [-0.05, 0) is 24.7 Å². The second-order valence-corrected chi connectivity index (χ2v) is 4.83. The van der Waals surface area contributed by atoms with Crippen LogP contribution in [0.4, 0.5) is 0 Å². The van der Waals surface area contributed by atoms with Gasteiger partial charge in [0.2, 0.25) is 0 Å². The molecule has 0 spiro atoms. The van der Waals surface area contributed by atoms with Crippen LogP contribution in [0, 0.1) is 11.8 Å². The molecule has 2 aliphatic rings. The summed E-state index contributed by atoms with van der Waals surface area (Å²) in [5.74, 6) is 2.00. The van der Waals surface area contributed by atoms with Crippen molar-refractivity contribution < 1.29 is 0 Å². The maximum absolute atomic E-state index is 6.09. The largest absolute Gasteiger partial charge is 0.328 e. The van der Waals surface area contributed by atoms with Gasteiger partial charge in [0.25, 0.3) is 0 Å². The van der Waals surface area contributed by atoms with Crippen molar-refractivity contribution >= 4 is 0 Å². The molecule has 0 aliphatic heterocycles. The van der Waals surface area contributed by atoms with Crippen molar-refractivity contribution in [3.05, 3.63) is 0 Å². The zero-order valence-corrected chi connectivity index (χ0v) is 7.97. The van der Waals surface area contributed by atoms with Gasteiger partial charge in [-0.15, -0.1) is 0 Å². The van der Waals surface area contributed by atoms with Crippen LogP contribution >= 0.6 is 0 Å². The van der Waals surface area contributed by atoms with Gasteiger partial charge in [-0.1, -0.05) is 38.5 Å². The van der Waals surface area contributed by atoms with Gasteiger partial charge in [0.05, 0.1) is 0 Å². The summed E-state index contributed by atoms with van der Waals surface area (Å²) >= 11 is 0. The summed E-state index contributed by atoms with van der Waals surface area (Å²) in [5.41, 5.74) is 6.09. The molecule has 2 rings (SSSR count). The molecule has 12 heavy (non-hydrogen) atoms. The minimum absolute atomic E-state index is 0.528. The molecule has 0 unspecified atom stereocenters. The van der Waals surface area contributed by atoms with Crippen LogP contribution in [-0.2, 0) is 0 Å². The van der Waals surface area contributed by atoms with Crippen LogP contribution in [-0.4, -0.2) is 6.04 Å². The Kier molecular flexibility index (Phi) is 2.69. The van der Waals surface area contributed by atoms with E-state index in [1.807, 2.05) is 0 Å². The lowest BCUT2D eigenvalue weighted by Crippen LogP contribution is -2.30. The number of hydrogen-bond acceptors (Lipinski definition) is 1. The lowest BCUT2D eigenvalue weighted by Gasteiger charge is -2.32. The SMILES string of the molecule is NC(CC1CCC1)CC1CCC1. The highest BCUT2D eigenvalue weighted by Gasteiger charge is 2.24. The monoisotopic (exact) mass is 167 g/mol. The first kappa shape index (κ1) is 8.55. The fourth-order valence-electron chi connectivity index (χ4n) is 2.41. The molecule has 1 nitrogen and oxygen atoms in total. The van der Waals surface area contributed by atoms with Crippen LogP contribution in [0.5, 0.6) is 0 Å². The molecule has 0 atom stereocenters. The molecule has 0 bridgehead atoms. The molecule has 0 aromatic carbocycles. The van der Waals surface area contributed by atoms with E-state index >= 15 is 0 Å². The van der Waals surface area contributed by atoms with Gasteiger partial charge in [-0.25, -0.2) is 0 Å². The van der Waals surface area contributed by atoms with E-state index in [0.29, 0.717) is 6.04 Å². The van der Waals surface area contributed by atoms with E-state index in [4.69, 9.17) is 5.73 Å². The van der Waals surface area contributed by atoms with E-state index < -0.39 is 0 Å². The predicted octanol–water partition coefficient (Wildman–Crippen LogP) is 2.69. The Morgan fingerprint density at radius 2 is 1.33 bits per heavy atom. The molecule has 0 saturated heterocycles. The molecule has 0 aromatic rings. The molecular weight excluding hydrogens is 146 g/mol. The van der Waals surface area contributed by atoms with Crippen molar-refractivity contribution in [2.24, 2.45) is 17.6 Å². The van der Waals surface area contributed by atoms with Crippen molar-refractivity contribution in [2.45, 2.75) is 57.4 Å². The van der Waals surface area contributed by atoms with Crippen LogP contribution in [0.2, 0.25) is 0 Å². The fourth-order valence-corrected chi connectivity index (χ4v) is 2.41. The Labute approximate surface area is 75.7 Å². The smallest absolute Gasteiger partial charge is 0.00441 e. The third-order valence-corrected chi connectivity index (χ3v) is 3.72. The summed E-state index contributed by atoms with van der Waals surface area (Å²) in [6.45, 7) is 0. The van der Waals surface area contributed by atoms with Gasteiger partial charge >= 0.3 is 0 Å².